The van der Waals surface area contributed by atoms with Gasteiger partial charge in [0.15, 0.2) is 0 Å². The molecular weight excluding hydrogens is 264 g/mol. The first-order valence-electron chi connectivity index (χ1n) is 7.51. The SMILES string of the molecule is O=c1ccc2c([nH]1)CCCC2NC1COc2ccccc21. The van der Waals surface area contributed by atoms with Crippen LogP contribution in [0.25, 0.3) is 0 Å². The van der Waals surface area contributed by atoms with Crippen LogP contribution in [0, 0.1) is 0 Å². The van der Waals surface area contributed by atoms with E-state index < -0.39 is 0 Å². The van der Waals surface area contributed by atoms with Crippen LogP contribution in [0.15, 0.2) is 41.2 Å². The molecule has 2 atom stereocenters. The number of ether oxygens (including phenoxy) is 1. The number of benzene rings is 1. The molecule has 1 aliphatic carbocycles. The Balaban J connectivity index is 1.61. The third kappa shape index (κ3) is 2.25. The molecule has 0 amide bonds. The zero-order chi connectivity index (χ0) is 14.2. The highest BCUT2D eigenvalue weighted by Gasteiger charge is 2.28. The number of aromatic nitrogens is 1. The lowest BCUT2D eigenvalue weighted by Crippen LogP contribution is -2.31. The number of rotatable bonds is 2. The molecule has 0 radical (unpaired) electrons. The minimum absolute atomic E-state index is 0.0102. The van der Waals surface area contributed by atoms with Crippen LogP contribution in [0.5, 0.6) is 5.75 Å². The summed E-state index contributed by atoms with van der Waals surface area (Å²) in [6, 6.07) is 12.3. The van der Waals surface area contributed by atoms with Crippen molar-refractivity contribution >= 4 is 0 Å². The quantitative estimate of drug-likeness (QED) is 0.889. The summed E-state index contributed by atoms with van der Waals surface area (Å²) < 4.78 is 5.74. The molecule has 1 aliphatic heterocycles. The lowest BCUT2D eigenvalue weighted by molar-refractivity contribution is 0.289. The average Bonchev–Trinajstić information content (AvgIpc) is 2.91. The lowest BCUT2D eigenvalue weighted by atomic mass is 9.90. The van der Waals surface area contributed by atoms with Gasteiger partial charge in [-0.3, -0.25) is 4.79 Å². The molecule has 2 aliphatic rings. The molecule has 0 saturated heterocycles. The maximum absolute atomic E-state index is 11.5. The van der Waals surface area contributed by atoms with Gasteiger partial charge in [-0.25, -0.2) is 0 Å². The fourth-order valence-corrected chi connectivity index (χ4v) is 3.42. The van der Waals surface area contributed by atoms with Crippen molar-refractivity contribution in [3.8, 4) is 5.75 Å². The Kier molecular flexibility index (Phi) is 3.04. The molecular formula is C17H18N2O2. The number of aromatic amines is 1. The third-order valence-corrected chi connectivity index (χ3v) is 4.43. The maximum atomic E-state index is 11.5. The van der Waals surface area contributed by atoms with E-state index in [1.807, 2.05) is 18.2 Å². The summed E-state index contributed by atoms with van der Waals surface area (Å²) in [6.45, 7) is 0.675. The topological polar surface area (TPSA) is 54.1 Å². The first-order chi connectivity index (χ1) is 10.3. The van der Waals surface area contributed by atoms with Crippen LogP contribution in [-0.2, 0) is 6.42 Å². The van der Waals surface area contributed by atoms with Gasteiger partial charge in [0, 0.05) is 23.4 Å². The highest BCUT2D eigenvalue weighted by Crippen LogP contribution is 2.36. The molecule has 108 valence electrons. The zero-order valence-corrected chi connectivity index (χ0v) is 11.8. The monoisotopic (exact) mass is 282 g/mol. The van der Waals surface area contributed by atoms with Gasteiger partial charge in [0.1, 0.15) is 12.4 Å². The molecule has 4 rings (SSSR count). The van der Waals surface area contributed by atoms with E-state index in [1.54, 1.807) is 6.07 Å². The standard InChI is InChI=1S/C17H18N2O2/c20-17-9-8-11-13(5-3-6-14(11)19-17)18-15-10-21-16-7-2-1-4-12(15)16/h1-2,4,7-9,13,15,18H,3,5-6,10H2,(H,19,20). The molecule has 4 nitrogen and oxygen atoms in total. The molecule has 0 spiro atoms. The summed E-state index contributed by atoms with van der Waals surface area (Å²) in [4.78, 5) is 14.4. The van der Waals surface area contributed by atoms with E-state index in [1.165, 1.54) is 11.1 Å². The van der Waals surface area contributed by atoms with Gasteiger partial charge in [-0.05, 0) is 30.9 Å². The van der Waals surface area contributed by atoms with Crippen molar-refractivity contribution in [2.24, 2.45) is 0 Å². The molecule has 4 heteroatoms. The minimum Gasteiger partial charge on any atom is -0.491 e. The van der Waals surface area contributed by atoms with Crippen LogP contribution < -0.4 is 15.6 Å². The molecule has 21 heavy (non-hydrogen) atoms. The number of nitrogens with one attached hydrogen (secondary N) is 2. The fourth-order valence-electron chi connectivity index (χ4n) is 3.42. The Labute approximate surface area is 123 Å². The second kappa shape index (κ2) is 5.04. The van der Waals surface area contributed by atoms with Gasteiger partial charge in [-0.2, -0.15) is 0 Å². The fraction of sp³-hybridized carbons (Fsp3) is 0.353. The molecule has 2 aromatic rings. The van der Waals surface area contributed by atoms with E-state index in [2.05, 4.69) is 22.4 Å². The molecule has 0 saturated carbocycles. The van der Waals surface area contributed by atoms with Crippen molar-refractivity contribution in [2.75, 3.05) is 6.61 Å². The molecule has 2 N–H and O–H groups in total. The van der Waals surface area contributed by atoms with Crippen molar-refractivity contribution < 1.29 is 4.74 Å². The summed E-state index contributed by atoms with van der Waals surface area (Å²) >= 11 is 0. The van der Waals surface area contributed by atoms with Gasteiger partial charge in [0.2, 0.25) is 5.56 Å². The average molecular weight is 282 g/mol. The normalized spacial score (nSPS) is 23.2. The number of H-pyrrole nitrogens is 1. The zero-order valence-electron chi connectivity index (χ0n) is 11.8. The highest BCUT2D eigenvalue weighted by atomic mass is 16.5. The second-order valence-corrected chi connectivity index (χ2v) is 5.77. The molecule has 0 fully saturated rings. The number of pyridine rings is 1. The van der Waals surface area contributed by atoms with Crippen LogP contribution in [-0.4, -0.2) is 11.6 Å². The van der Waals surface area contributed by atoms with Crippen molar-refractivity contribution in [2.45, 2.75) is 31.3 Å². The smallest absolute Gasteiger partial charge is 0.248 e. The molecule has 2 unspecified atom stereocenters. The Hall–Kier alpha value is -2.07. The molecule has 0 bridgehead atoms. The largest absolute Gasteiger partial charge is 0.491 e. The summed E-state index contributed by atoms with van der Waals surface area (Å²) in [6.07, 6.45) is 3.15. The van der Waals surface area contributed by atoms with Gasteiger partial charge in [0.05, 0.1) is 6.04 Å². The number of hydrogen-bond donors (Lipinski definition) is 2. The summed E-state index contributed by atoms with van der Waals surface area (Å²) in [7, 11) is 0. The molecule has 1 aromatic heterocycles. The van der Waals surface area contributed by atoms with E-state index in [4.69, 9.17) is 4.74 Å². The van der Waals surface area contributed by atoms with Gasteiger partial charge < -0.3 is 15.0 Å². The number of hydrogen-bond acceptors (Lipinski definition) is 3. The number of fused-ring (bicyclic) bond motifs is 2. The third-order valence-electron chi connectivity index (χ3n) is 4.43. The first-order valence-corrected chi connectivity index (χ1v) is 7.51. The van der Waals surface area contributed by atoms with E-state index in [0.29, 0.717) is 6.61 Å². The van der Waals surface area contributed by atoms with Crippen LogP contribution in [0.1, 0.15) is 41.7 Å². The van der Waals surface area contributed by atoms with E-state index in [9.17, 15) is 4.79 Å². The van der Waals surface area contributed by atoms with Crippen molar-refractivity contribution in [1.82, 2.24) is 10.3 Å². The lowest BCUT2D eigenvalue weighted by Gasteiger charge is -2.28. The summed E-state index contributed by atoms with van der Waals surface area (Å²) in [5.74, 6) is 0.979. The van der Waals surface area contributed by atoms with Gasteiger partial charge in [-0.1, -0.05) is 24.3 Å². The predicted octanol–water partition coefficient (Wildman–Crippen LogP) is 2.48. The predicted molar refractivity (Wildman–Crippen MR) is 80.6 cm³/mol. The second-order valence-electron chi connectivity index (χ2n) is 5.77. The van der Waals surface area contributed by atoms with Crippen molar-refractivity contribution in [3.05, 3.63) is 63.6 Å². The van der Waals surface area contributed by atoms with Crippen LogP contribution in [0.3, 0.4) is 0 Å². The number of para-hydroxylation sites is 1. The van der Waals surface area contributed by atoms with Crippen molar-refractivity contribution in [3.63, 3.8) is 0 Å². The Morgan fingerprint density at radius 2 is 2.00 bits per heavy atom. The Morgan fingerprint density at radius 1 is 1.10 bits per heavy atom. The minimum atomic E-state index is -0.0102. The van der Waals surface area contributed by atoms with Crippen LogP contribution in [0.2, 0.25) is 0 Å². The summed E-state index contributed by atoms with van der Waals surface area (Å²) in [5, 5.41) is 3.70. The highest BCUT2D eigenvalue weighted by molar-refractivity contribution is 5.39. The Bertz CT molecular complexity index is 723. The van der Waals surface area contributed by atoms with Gasteiger partial charge >= 0.3 is 0 Å². The van der Waals surface area contributed by atoms with Gasteiger partial charge in [-0.15, -0.1) is 0 Å². The molecule has 2 heterocycles. The van der Waals surface area contributed by atoms with Gasteiger partial charge in [0.25, 0.3) is 0 Å². The van der Waals surface area contributed by atoms with Crippen LogP contribution >= 0.6 is 0 Å². The van der Waals surface area contributed by atoms with Crippen LogP contribution in [0.4, 0.5) is 0 Å². The summed E-state index contributed by atoms with van der Waals surface area (Å²) in [5.41, 5.74) is 3.53. The van der Waals surface area contributed by atoms with Crippen molar-refractivity contribution in [1.29, 1.82) is 0 Å². The van der Waals surface area contributed by atoms with E-state index >= 15 is 0 Å². The van der Waals surface area contributed by atoms with E-state index in [0.717, 1.165) is 30.7 Å². The Morgan fingerprint density at radius 3 is 2.95 bits per heavy atom. The van der Waals surface area contributed by atoms with E-state index in [-0.39, 0.29) is 17.6 Å². The number of aryl methyl sites for hydroxylation is 1. The first kappa shape index (κ1) is 12.7. The molecule has 1 aromatic carbocycles. The maximum Gasteiger partial charge on any atom is 0.248 e.